The van der Waals surface area contributed by atoms with Crippen molar-refractivity contribution < 1.29 is 33.3 Å². The number of nitriles is 1. The highest BCUT2D eigenvalue weighted by atomic mass is 16.5. The molecule has 1 aliphatic heterocycles. The minimum absolute atomic E-state index is 0.0924. The third kappa shape index (κ3) is 8.38. The molecular formula is C28H34N6O7. The summed E-state index contributed by atoms with van der Waals surface area (Å²) in [6.07, 6.45) is 0. The number of imide groups is 1. The van der Waals surface area contributed by atoms with Gasteiger partial charge in [-0.15, -0.1) is 10.2 Å². The number of nitrogens with zero attached hydrogens (tertiary/aromatic N) is 5. The summed E-state index contributed by atoms with van der Waals surface area (Å²) in [7, 11) is 4.60. The summed E-state index contributed by atoms with van der Waals surface area (Å²) in [5.74, 6) is -1.27. The zero-order valence-electron chi connectivity index (χ0n) is 23.6. The fourth-order valence-corrected chi connectivity index (χ4v) is 3.98. The van der Waals surface area contributed by atoms with Gasteiger partial charge in [-0.1, -0.05) is 0 Å². The SMILES string of the molecule is COCCOCCN(CCOCCOC)c1ccc(N=Nc2cc3c(cc2C#N)C(=O)N(C)C3=O)c(NC(C)=O)c1. The van der Waals surface area contributed by atoms with E-state index in [1.165, 1.54) is 26.1 Å². The number of hydrogen-bond donors (Lipinski definition) is 1. The van der Waals surface area contributed by atoms with Gasteiger partial charge in [0.1, 0.15) is 17.4 Å². The molecule has 0 atom stereocenters. The van der Waals surface area contributed by atoms with Crippen molar-refractivity contribution in [3.63, 3.8) is 0 Å². The maximum absolute atomic E-state index is 12.4. The van der Waals surface area contributed by atoms with E-state index in [-0.39, 0.29) is 28.3 Å². The Hall–Kier alpha value is -4.22. The Balaban J connectivity index is 1.88. The number of amides is 3. The first kappa shape index (κ1) is 31.3. The lowest BCUT2D eigenvalue weighted by Gasteiger charge is -2.25. The van der Waals surface area contributed by atoms with Crippen LogP contribution in [0.5, 0.6) is 0 Å². The molecule has 41 heavy (non-hydrogen) atoms. The van der Waals surface area contributed by atoms with Crippen LogP contribution in [0.25, 0.3) is 0 Å². The Bertz CT molecular complexity index is 1310. The molecule has 0 fully saturated rings. The summed E-state index contributed by atoms with van der Waals surface area (Å²) in [6, 6.07) is 10.0. The highest BCUT2D eigenvalue weighted by Gasteiger charge is 2.34. The van der Waals surface area contributed by atoms with Crippen LogP contribution in [0, 0.1) is 11.3 Å². The third-order valence-corrected chi connectivity index (χ3v) is 6.12. The molecule has 0 aliphatic carbocycles. The molecule has 13 nitrogen and oxygen atoms in total. The van der Waals surface area contributed by atoms with E-state index in [0.717, 1.165) is 10.6 Å². The number of azo groups is 1. The molecule has 2 aromatic rings. The first-order valence-corrected chi connectivity index (χ1v) is 12.9. The van der Waals surface area contributed by atoms with E-state index in [9.17, 15) is 19.6 Å². The molecule has 1 N–H and O–H groups in total. The van der Waals surface area contributed by atoms with Crippen LogP contribution < -0.4 is 10.2 Å². The zero-order chi connectivity index (χ0) is 29.8. The molecule has 0 saturated carbocycles. The fraction of sp³-hybridized carbons (Fsp3) is 0.429. The van der Waals surface area contributed by atoms with Crippen LogP contribution in [0.4, 0.5) is 22.7 Å². The Labute approximate surface area is 238 Å². The number of methoxy groups -OCH3 is 2. The lowest BCUT2D eigenvalue weighted by molar-refractivity contribution is -0.114. The summed E-state index contributed by atoms with van der Waals surface area (Å²) in [5, 5.41) is 20.9. The van der Waals surface area contributed by atoms with Crippen molar-refractivity contribution in [1.82, 2.24) is 4.90 Å². The lowest BCUT2D eigenvalue weighted by Crippen LogP contribution is -2.31. The van der Waals surface area contributed by atoms with Gasteiger partial charge in [-0.05, 0) is 30.3 Å². The van der Waals surface area contributed by atoms with Crippen molar-refractivity contribution in [3.05, 3.63) is 47.0 Å². The second-order valence-corrected chi connectivity index (χ2v) is 8.98. The monoisotopic (exact) mass is 566 g/mol. The summed E-state index contributed by atoms with van der Waals surface area (Å²) in [6.45, 7) is 5.30. The van der Waals surface area contributed by atoms with E-state index < -0.39 is 11.8 Å². The molecule has 3 amide bonds. The summed E-state index contributed by atoms with van der Waals surface area (Å²) < 4.78 is 21.3. The van der Waals surface area contributed by atoms with E-state index in [4.69, 9.17) is 18.9 Å². The van der Waals surface area contributed by atoms with Crippen molar-refractivity contribution in [2.75, 3.05) is 84.2 Å². The number of nitrogens with one attached hydrogen (secondary N) is 1. The third-order valence-electron chi connectivity index (χ3n) is 6.12. The maximum Gasteiger partial charge on any atom is 0.261 e. The van der Waals surface area contributed by atoms with Gasteiger partial charge in [0.05, 0.1) is 62.0 Å². The largest absolute Gasteiger partial charge is 0.382 e. The van der Waals surface area contributed by atoms with Gasteiger partial charge in [0.2, 0.25) is 5.91 Å². The number of anilines is 2. The number of fused-ring (bicyclic) bond motifs is 1. The van der Waals surface area contributed by atoms with Gasteiger partial charge in [-0.2, -0.15) is 5.26 Å². The molecule has 3 rings (SSSR count). The van der Waals surface area contributed by atoms with Crippen LogP contribution in [0.1, 0.15) is 33.2 Å². The van der Waals surface area contributed by atoms with Gasteiger partial charge in [0.25, 0.3) is 11.8 Å². The number of hydrogen-bond acceptors (Lipinski definition) is 11. The molecular weight excluding hydrogens is 532 g/mol. The predicted octanol–water partition coefficient (Wildman–Crippen LogP) is 3.29. The number of ether oxygens (including phenoxy) is 4. The Morgan fingerprint density at radius 1 is 0.902 bits per heavy atom. The first-order valence-electron chi connectivity index (χ1n) is 12.9. The van der Waals surface area contributed by atoms with E-state index in [1.54, 1.807) is 26.4 Å². The minimum Gasteiger partial charge on any atom is -0.382 e. The summed E-state index contributed by atoms with van der Waals surface area (Å²) >= 11 is 0. The van der Waals surface area contributed by atoms with Gasteiger partial charge in [-0.25, -0.2) is 0 Å². The van der Waals surface area contributed by atoms with E-state index in [0.29, 0.717) is 64.1 Å². The molecule has 0 unspecified atom stereocenters. The van der Waals surface area contributed by atoms with Crippen LogP contribution in [-0.2, 0) is 23.7 Å². The lowest BCUT2D eigenvalue weighted by atomic mass is 10.0. The average Bonchev–Trinajstić information content (AvgIpc) is 3.17. The molecule has 218 valence electrons. The first-order chi connectivity index (χ1) is 19.8. The molecule has 13 heteroatoms. The van der Waals surface area contributed by atoms with Crippen LogP contribution in [0.2, 0.25) is 0 Å². The maximum atomic E-state index is 12.4. The fourth-order valence-electron chi connectivity index (χ4n) is 3.98. The molecule has 0 aromatic heterocycles. The summed E-state index contributed by atoms with van der Waals surface area (Å²) in [4.78, 5) is 39.8. The number of carbonyl (C=O) groups is 3. The van der Waals surface area contributed by atoms with Crippen molar-refractivity contribution >= 4 is 40.5 Å². The topological polar surface area (TPSA) is 155 Å². The Morgan fingerprint density at radius 3 is 2.05 bits per heavy atom. The highest BCUT2D eigenvalue weighted by molar-refractivity contribution is 6.21. The van der Waals surface area contributed by atoms with E-state index in [2.05, 4.69) is 20.4 Å². The number of rotatable bonds is 16. The molecule has 0 bridgehead atoms. The Kier molecular flexibility index (Phi) is 11.9. The number of benzene rings is 2. The average molecular weight is 567 g/mol. The second kappa shape index (κ2) is 15.5. The van der Waals surface area contributed by atoms with E-state index >= 15 is 0 Å². The van der Waals surface area contributed by atoms with Crippen molar-refractivity contribution in [2.45, 2.75) is 6.92 Å². The van der Waals surface area contributed by atoms with E-state index in [1.807, 2.05) is 12.1 Å². The summed E-state index contributed by atoms with van der Waals surface area (Å²) in [5.41, 5.74) is 2.04. The molecule has 0 saturated heterocycles. The standard InChI is InChI=1S/C28H34N6O7/c1-19(35)30-26-16-21(34(7-9-40-13-11-38-3)8-10-41-14-12-39-4)5-6-24(26)31-32-25-17-23-22(15-20(25)18-29)27(36)33(2)28(23)37/h5-6,15-17H,7-14H2,1-4H3,(H,30,35). The molecule has 1 aliphatic rings. The normalized spacial score (nSPS) is 12.6. The van der Waals surface area contributed by atoms with Crippen LogP contribution >= 0.6 is 0 Å². The zero-order valence-corrected chi connectivity index (χ0v) is 23.6. The molecule has 0 radical (unpaired) electrons. The molecule has 1 heterocycles. The quantitative estimate of drug-likeness (QED) is 0.183. The van der Waals surface area contributed by atoms with Gasteiger partial charge >= 0.3 is 0 Å². The second-order valence-electron chi connectivity index (χ2n) is 8.98. The minimum atomic E-state index is -0.480. The Morgan fingerprint density at radius 2 is 1.49 bits per heavy atom. The van der Waals surface area contributed by atoms with Crippen molar-refractivity contribution in [3.8, 4) is 6.07 Å². The van der Waals surface area contributed by atoms with Crippen LogP contribution in [0.3, 0.4) is 0 Å². The van der Waals surface area contributed by atoms with Crippen LogP contribution in [-0.4, -0.2) is 96.6 Å². The van der Waals surface area contributed by atoms with Gasteiger partial charge < -0.3 is 29.2 Å². The van der Waals surface area contributed by atoms with Crippen LogP contribution in [0.15, 0.2) is 40.6 Å². The molecule has 2 aromatic carbocycles. The molecule has 0 spiro atoms. The van der Waals surface area contributed by atoms with Gasteiger partial charge in [0.15, 0.2) is 0 Å². The predicted molar refractivity (Wildman–Crippen MR) is 150 cm³/mol. The smallest absolute Gasteiger partial charge is 0.261 e. The van der Waals surface area contributed by atoms with Crippen molar-refractivity contribution in [1.29, 1.82) is 5.26 Å². The van der Waals surface area contributed by atoms with Crippen molar-refractivity contribution in [2.24, 2.45) is 10.2 Å². The van der Waals surface area contributed by atoms with Gasteiger partial charge in [-0.3, -0.25) is 19.3 Å². The van der Waals surface area contributed by atoms with Gasteiger partial charge in [0, 0.05) is 47.0 Å². The highest BCUT2D eigenvalue weighted by Crippen LogP contribution is 2.34. The number of carbonyl (C=O) groups excluding carboxylic acids is 3.